The molecule has 0 bridgehead atoms. The number of hydrogen-bond donors (Lipinski definition) is 1. The average molecular weight is 464 g/mol. The van der Waals surface area contributed by atoms with E-state index in [1.54, 1.807) is 0 Å². The van der Waals surface area contributed by atoms with Gasteiger partial charge in [0.25, 0.3) is 5.91 Å². The second-order valence-corrected chi connectivity index (χ2v) is 8.83. The third-order valence-electron chi connectivity index (χ3n) is 6.24. The number of fused-ring (bicyclic) bond motifs is 1. The van der Waals surface area contributed by atoms with Crippen LogP contribution in [0.1, 0.15) is 34.0 Å². The molecule has 0 saturated carbocycles. The van der Waals surface area contributed by atoms with Gasteiger partial charge in [0.1, 0.15) is 0 Å². The highest BCUT2D eigenvalue weighted by Crippen LogP contribution is 2.21. The lowest BCUT2D eigenvalue weighted by atomic mass is 9.97. The van der Waals surface area contributed by atoms with Crippen molar-refractivity contribution in [1.82, 2.24) is 14.8 Å². The highest BCUT2D eigenvalue weighted by Gasteiger charge is 2.20. The summed E-state index contributed by atoms with van der Waals surface area (Å²) in [5.41, 5.74) is 4.65. The summed E-state index contributed by atoms with van der Waals surface area (Å²) in [4.78, 5) is 29.0. The molecule has 1 fully saturated rings. The summed E-state index contributed by atoms with van der Waals surface area (Å²) < 4.78 is 5.06. The van der Waals surface area contributed by atoms with E-state index < -0.39 is 0 Å². The quantitative estimate of drug-likeness (QED) is 0.502. The number of piperazine rings is 1. The number of likely N-dealkylation sites (N-methyl/N-ethyl adjacent to an activating group) is 1. The normalized spacial score (nSPS) is 16.9. The second kappa shape index (κ2) is 11.3. The molecule has 0 radical (unpaired) electrons. The van der Waals surface area contributed by atoms with Crippen molar-refractivity contribution in [3.63, 3.8) is 0 Å². The van der Waals surface area contributed by atoms with Gasteiger partial charge in [0.05, 0.1) is 19.4 Å². The lowest BCUT2D eigenvalue weighted by molar-refractivity contribution is -0.144. The Kier molecular flexibility index (Phi) is 7.92. The molecule has 1 amide bonds. The number of nitrogens with zero attached hydrogens (tertiary/aromatic N) is 4. The van der Waals surface area contributed by atoms with E-state index >= 15 is 0 Å². The van der Waals surface area contributed by atoms with Crippen LogP contribution in [0.15, 0.2) is 47.6 Å². The van der Waals surface area contributed by atoms with Gasteiger partial charge in [-0.3, -0.25) is 19.5 Å². The molecule has 0 aliphatic carbocycles. The van der Waals surface area contributed by atoms with Crippen molar-refractivity contribution < 1.29 is 14.3 Å². The number of benzene rings is 2. The van der Waals surface area contributed by atoms with Crippen LogP contribution in [-0.2, 0) is 22.5 Å². The molecule has 2 aromatic rings. The first kappa shape index (κ1) is 23.9. The zero-order valence-corrected chi connectivity index (χ0v) is 20.0. The van der Waals surface area contributed by atoms with E-state index in [2.05, 4.69) is 32.3 Å². The van der Waals surface area contributed by atoms with Crippen molar-refractivity contribution in [1.29, 1.82) is 0 Å². The first-order valence-electron chi connectivity index (χ1n) is 11.9. The van der Waals surface area contributed by atoms with E-state index in [1.807, 2.05) is 55.6 Å². The largest absolute Gasteiger partial charge is 0.465 e. The Morgan fingerprint density at radius 3 is 2.53 bits per heavy atom. The maximum atomic E-state index is 12.9. The summed E-state index contributed by atoms with van der Waals surface area (Å²) in [6.45, 7) is 7.82. The second-order valence-electron chi connectivity index (χ2n) is 8.83. The van der Waals surface area contributed by atoms with Gasteiger partial charge in [-0.15, -0.1) is 0 Å². The summed E-state index contributed by atoms with van der Waals surface area (Å²) in [5, 5.41) is 9.62. The number of carbonyl (C=O) groups is 2. The van der Waals surface area contributed by atoms with Gasteiger partial charge < -0.3 is 15.0 Å². The molecule has 2 aliphatic rings. The van der Waals surface area contributed by atoms with E-state index in [9.17, 15) is 9.59 Å². The molecule has 34 heavy (non-hydrogen) atoms. The molecular weight excluding hydrogens is 430 g/mol. The fourth-order valence-corrected chi connectivity index (χ4v) is 4.20. The van der Waals surface area contributed by atoms with Gasteiger partial charge in [-0.25, -0.2) is 0 Å². The molecule has 8 nitrogen and oxygen atoms in total. The number of hydrazone groups is 1. The number of rotatable bonds is 7. The maximum Gasteiger partial charge on any atom is 0.320 e. The number of hydrogen-bond acceptors (Lipinski definition) is 7. The van der Waals surface area contributed by atoms with Crippen molar-refractivity contribution in [2.75, 3.05) is 58.2 Å². The van der Waals surface area contributed by atoms with E-state index in [4.69, 9.17) is 4.74 Å². The smallest absolute Gasteiger partial charge is 0.320 e. The van der Waals surface area contributed by atoms with Gasteiger partial charge in [-0.2, -0.15) is 5.10 Å². The summed E-state index contributed by atoms with van der Waals surface area (Å²) in [5.74, 6) is -0.360. The van der Waals surface area contributed by atoms with Crippen molar-refractivity contribution in [3.05, 3.63) is 64.7 Å². The van der Waals surface area contributed by atoms with E-state index in [-0.39, 0.29) is 18.4 Å². The minimum atomic E-state index is -0.211. The molecule has 0 aromatic heterocycles. The van der Waals surface area contributed by atoms with Crippen LogP contribution < -0.4 is 5.32 Å². The van der Waals surface area contributed by atoms with E-state index in [0.29, 0.717) is 18.7 Å². The van der Waals surface area contributed by atoms with Gasteiger partial charge in [-0.05, 0) is 61.3 Å². The van der Waals surface area contributed by atoms with Gasteiger partial charge in [-0.1, -0.05) is 18.2 Å². The van der Waals surface area contributed by atoms with Crippen LogP contribution >= 0.6 is 0 Å². The van der Waals surface area contributed by atoms with Crippen LogP contribution in [0.4, 0.5) is 5.69 Å². The molecular formula is C26H33N5O3. The monoisotopic (exact) mass is 463 g/mol. The third-order valence-corrected chi connectivity index (χ3v) is 6.24. The fourth-order valence-electron chi connectivity index (χ4n) is 4.20. The number of amides is 1. The van der Waals surface area contributed by atoms with Crippen molar-refractivity contribution in [3.8, 4) is 0 Å². The number of carbonyl (C=O) groups excluding carboxylic acids is 2. The summed E-state index contributed by atoms with van der Waals surface area (Å²) in [6, 6.07) is 13.5. The molecule has 8 heteroatoms. The van der Waals surface area contributed by atoms with Crippen molar-refractivity contribution in [2.45, 2.75) is 19.9 Å². The molecule has 2 heterocycles. The maximum absolute atomic E-state index is 12.9. The highest BCUT2D eigenvalue weighted by molar-refractivity contribution is 6.04. The minimum absolute atomic E-state index is 0.149. The topological polar surface area (TPSA) is 77.5 Å². The van der Waals surface area contributed by atoms with Crippen LogP contribution in [-0.4, -0.2) is 85.8 Å². The zero-order chi connectivity index (χ0) is 23.9. The molecule has 2 aliphatic heterocycles. The Labute approximate surface area is 201 Å². The molecule has 1 N–H and O–H groups in total. The molecule has 0 spiro atoms. The van der Waals surface area contributed by atoms with Crippen LogP contribution in [0.5, 0.6) is 0 Å². The van der Waals surface area contributed by atoms with Crippen molar-refractivity contribution in [2.24, 2.45) is 5.10 Å². The van der Waals surface area contributed by atoms with Gasteiger partial charge in [0, 0.05) is 50.5 Å². The van der Waals surface area contributed by atoms with E-state index in [0.717, 1.165) is 56.0 Å². The Hall–Kier alpha value is -3.23. The summed E-state index contributed by atoms with van der Waals surface area (Å²) >= 11 is 0. The first-order valence-corrected chi connectivity index (χ1v) is 11.9. The van der Waals surface area contributed by atoms with Gasteiger partial charge >= 0.3 is 5.97 Å². The predicted octanol–water partition coefficient (Wildman–Crippen LogP) is 2.44. The Balaban J connectivity index is 1.33. The number of ether oxygens (including phenoxy) is 1. The molecule has 180 valence electrons. The Morgan fingerprint density at radius 2 is 1.79 bits per heavy atom. The highest BCUT2D eigenvalue weighted by atomic mass is 16.5. The van der Waals surface area contributed by atoms with Crippen LogP contribution in [0.25, 0.3) is 0 Å². The first-order chi connectivity index (χ1) is 16.5. The average Bonchev–Trinajstić information content (AvgIpc) is 2.84. The Bertz CT molecular complexity index is 1030. The third kappa shape index (κ3) is 6.42. The fraction of sp³-hybridized carbons (Fsp3) is 0.423. The summed E-state index contributed by atoms with van der Waals surface area (Å²) in [7, 11) is 2.12. The number of esters is 1. The van der Waals surface area contributed by atoms with E-state index in [1.165, 1.54) is 5.56 Å². The molecule has 2 aromatic carbocycles. The minimum Gasteiger partial charge on any atom is -0.465 e. The number of anilines is 1. The molecule has 4 rings (SSSR count). The van der Waals surface area contributed by atoms with Crippen molar-refractivity contribution >= 4 is 23.8 Å². The lowest BCUT2D eigenvalue weighted by Gasteiger charge is -2.30. The summed E-state index contributed by atoms with van der Waals surface area (Å²) in [6.07, 6.45) is 2.72. The number of nitrogens with one attached hydrogen (secondary N) is 1. The van der Waals surface area contributed by atoms with Gasteiger partial charge in [0.15, 0.2) is 0 Å². The van der Waals surface area contributed by atoms with Crippen LogP contribution in [0, 0.1) is 0 Å². The molecule has 0 unspecified atom stereocenters. The molecule has 1 saturated heterocycles. The Morgan fingerprint density at radius 1 is 1.03 bits per heavy atom. The lowest BCUT2D eigenvalue weighted by Crippen LogP contribution is -2.41. The predicted molar refractivity (Wildman–Crippen MR) is 133 cm³/mol. The van der Waals surface area contributed by atoms with Gasteiger partial charge in [0.2, 0.25) is 0 Å². The van der Waals surface area contributed by atoms with Crippen LogP contribution in [0.2, 0.25) is 0 Å². The standard InChI is InChI=1S/C26H33N5O3/c1-3-34-25(32)19-30-11-10-21-6-7-22(16-23(21)18-30)26(33)28-24-8-4-20(5-9-24)17-27-31-14-12-29(2)13-15-31/h4-9,16-17H,3,10-15,18-19H2,1-2H3,(H,28,33)/b27-17+. The molecule has 0 atom stereocenters. The zero-order valence-electron chi connectivity index (χ0n) is 20.0. The van der Waals surface area contributed by atoms with Crippen LogP contribution in [0.3, 0.4) is 0 Å². The SMILES string of the molecule is CCOC(=O)CN1CCc2ccc(C(=O)Nc3ccc(/C=N/N4CCN(C)CC4)cc3)cc2C1.